The van der Waals surface area contributed by atoms with Gasteiger partial charge in [0.25, 0.3) is 5.91 Å². The second kappa shape index (κ2) is 8.65. The predicted molar refractivity (Wildman–Crippen MR) is 92.3 cm³/mol. The van der Waals surface area contributed by atoms with Crippen molar-refractivity contribution in [2.24, 2.45) is 5.10 Å². The van der Waals surface area contributed by atoms with Gasteiger partial charge < -0.3 is 9.47 Å². The van der Waals surface area contributed by atoms with Gasteiger partial charge in [-0.2, -0.15) is 5.10 Å². The topological polar surface area (TPSA) is 103 Å². The van der Waals surface area contributed by atoms with E-state index in [9.17, 15) is 14.9 Å². The summed E-state index contributed by atoms with van der Waals surface area (Å²) in [6.07, 6.45) is 1.28. The number of benzene rings is 2. The highest BCUT2D eigenvalue weighted by Gasteiger charge is 2.14. The first-order chi connectivity index (χ1) is 12.0. The van der Waals surface area contributed by atoms with Gasteiger partial charge in [-0.05, 0) is 30.3 Å². The molecular formula is C16H14ClN3O5. The maximum absolute atomic E-state index is 11.7. The van der Waals surface area contributed by atoms with E-state index in [0.717, 1.165) is 0 Å². The van der Waals surface area contributed by atoms with E-state index >= 15 is 0 Å². The first-order valence-electron chi connectivity index (χ1n) is 7.02. The largest absolute Gasteiger partial charge is 0.490 e. The van der Waals surface area contributed by atoms with Crippen LogP contribution in [-0.2, 0) is 4.79 Å². The monoisotopic (exact) mass is 363 g/mol. The molecule has 0 heterocycles. The van der Waals surface area contributed by atoms with E-state index < -0.39 is 10.8 Å². The molecule has 25 heavy (non-hydrogen) atoms. The Labute approximate surface area is 148 Å². The molecule has 0 atom stereocenters. The number of carbonyl (C=O) groups excluding carboxylic acids is 1. The Bertz CT molecular complexity index is 810. The number of rotatable bonds is 7. The third kappa shape index (κ3) is 5.47. The average molecular weight is 364 g/mol. The van der Waals surface area contributed by atoms with Crippen molar-refractivity contribution in [3.8, 4) is 11.5 Å². The number of amides is 1. The summed E-state index contributed by atoms with van der Waals surface area (Å²) >= 11 is 5.81. The maximum atomic E-state index is 11.7. The molecule has 1 N–H and O–H groups in total. The van der Waals surface area contributed by atoms with Gasteiger partial charge in [0.2, 0.25) is 0 Å². The summed E-state index contributed by atoms with van der Waals surface area (Å²) in [6.45, 7) is -0.250. The number of halogens is 1. The highest BCUT2D eigenvalue weighted by molar-refractivity contribution is 6.30. The lowest BCUT2D eigenvalue weighted by Crippen LogP contribution is -2.24. The van der Waals surface area contributed by atoms with Crippen LogP contribution in [0.4, 0.5) is 5.69 Å². The van der Waals surface area contributed by atoms with Crippen LogP contribution in [0.25, 0.3) is 0 Å². The van der Waals surface area contributed by atoms with Gasteiger partial charge in [-0.15, -0.1) is 0 Å². The Morgan fingerprint density at radius 3 is 2.84 bits per heavy atom. The van der Waals surface area contributed by atoms with Crippen LogP contribution in [0.5, 0.6) is 11.5 Å². The van der Waals surface area contributed by atoms with Gasteiger partial charge in [0.1, 0.15) is 5.75 Å². The molecule has 0 unspecified atom stereocenters. The number of nitrogens with zero attached hydrogens (tertiary/aromatic N) is 2. The zero-order chi connectivity index (χ0) is 18.2. The summed E-state index contributed by atoms with van der Waals surface area (Å²) in [5.74, 6) is 0.109. The minimum absolute atomic E-state index is 0.140. The van der Waals surface area contributed by atoms with Gasteiger partial charge in [0.05, 0.1) is 18.2 Å². The molecule has 0 aliphatic rings. The number of hydrogen-bond acceptors (Lipinski definition) is 6. The Morgan fingerprint density at radius 2 is 2.16 bits per heavy atom. The molecule has 9 heteroatoms. The Hall–Kier alpha value is -3.13. The molecule has 2 aromatic rings. The fourth-order valence-corrected chi connectivity index (χ4v) is 2.03. The number of methoxy groups -OCH3 is 1. The van der Waals surface area contributed by atoms with Gasteiger partial charge in [-0.25, -0.2) is 5.43 Å². The van der Waals surface area contributed by atoms with Gasteiger partial charge >= 0.3 is 5.69 Å². The van der Waals surface area contributed by atoms with Crippen LogP contribution in [0.1, 0.15) is 5.56 Å². The first kappa shape index (κ1) is 18.2. The van der Waals surface area contributed by atoms with Crippen LogP contribution < -0.4 is 14.9 Å². The van der Waals surface area contributed by atoms with Crippen molar-refractivity contribution < 1.29 is 19.2 Å². The van der Waals surface area contributed by atoms with E-state index in [1.54, 1.807) is 30.3 Å². The van der Waals surface area contributed by atoms with E-state index in [1.165, 1.54) is 25.5 Å². The summed E-state index contributed by atoms with van der Waals surface area (Å²) in [6, 6.07) is 10.9. The minimum atomic E-state index is -0.562. The van der Waals surface area contributed by atoms with E-state index in [-0.39, 0.29) is 18.0 Å². The smallest absolute Gasteiger partial charge is 0.311 e. The standard InChI is InChI=1S/C16H14ClN3O5/c1-24-15-6-5-11(7-14(15)20(22)23)9-18-19-16(21)10-25-13-4-2-3-12(17)8-13/h2-9H,10H2,1H3,(H,19,21). The first-order valence-corrected chi connectivity index (χ1v) is 7.40. The zero-order valence-corrected chi connectivity index (χ0v) is 13.9. The van der Waals surface area contributed by atoms with Crippen LogP contribution in [0.2, 0.25) is 5.02 Å². The molecule has 0 radical (unpaired) electrons. The molecule has 0 saturated heterocycles. The van der Waals surface area contributed by atoms with Crippen molar-refractivity contribution >= 4 is 29.4 Å². The number of ether oxygens (including phenoxy) is 2. The second-order valence-electron chi connectivity index (χ2n) is 4.73. The predicted octanol–water partition coefficient (Wildman–Crippen LogP) is 2.79. The molecule has 0 aromatic heterocycles. The molecule has 2 aromatic carbocycles. The number of carbonyl (C=O) groups is 1. The highest BCUT2D eigenvalue weighted by atomic mass is 35.5. The van der Waals surface area contributed by atoms with Crippen LogP contribution in [0.15, 0.2) is 47.6 Å². The fraction of sp³-hybridized carbons (Fsp3) is 0.125. The normalized spacial score (nSPS) is 10.5. The lowest BCUT2D eigenvalue weighted by atomic mass is 10.2. The summed E-state index contributed by atoms with van der Waals surface area (Å²) < 4.78 is 10.2. The Balaban J connectivity index is 1.91. The third-order valence-electron chi connectivity index (χ3n) is 2.97. The number of hydrazone groups is 1. The van der Waals surface area contributed by atoms with Crippen molar-refractivity contribution in [1.29, 1.82) is 0 Å². The lowest BCUT2D eigenvalue weighted by Gasteiger charge is -2.05. The van der Waals surface area contributed by atoms with Crippen LogP contribution in [0.3, 0.4) is 0 Å². The summed E-state index contributed by atoms with van der Waals surface area (Å²) in [5.41, 5.74) is 2.51. The molecule has 2 rings (SSSR count). The lowest BCUT2D eigenvalue weighted by molar-refractivity contribution is -0.385. The Kier molecular flexibility index (Phi) is 6.30. The molecule has 0 aliphatic carbocycles. The number of hydrogen-bond donors (Lipinski definition) is 1. The van der Waals surface area contributed by atoms with Crippen molar-refractivity contribution in [3.63, 3.8) is 0 Å². The van der Waals surface area contributed by atoms with Gasteiger partial charge in [-0.3, -0.25) is 14.9 Å². The number of nitro groups is 1. The fourth-order valence-electron chi connectivity index (χ4n) is 1.85. The van der Waals surface area contributed by atoms with E-state index in [4.69, 9.17) is 21.1 Å². The molecule has 130 valence electrons. The highest BCUT2D eigenvalue weighted by Crippen LogP contribution is 2.26. The van der Waals surface area contributed by atoms with Crippen molar-refractivity contribution in [2.75, 3.05) is 13.7 Å². The van der Waals surface area contributed by atoms with Gasteiger partial charge in [-0.1, -0.05) is 17.7 Å². The molecule has 0 spiro atoms. The van der Waals surface area contributed by atoms with Crippen molar-refractivity contribution in [3.05, 3.63) is 63.2 Å². The van der Waals surface area contributed by atoms with Gasteiger partial charge in [0.15, 0.2) is 12.4 Å². The summed E-state index contributed by atoms with van der Waals surface area (Å²) in [5, 5.41) is 15.2. The van der Waals surface area contributed by atoms with Crippen LogP contribution in [0, 0.1) is 10.1 Å². The summed E-state index contributed by atoms with van der Waals surface area (Å²) in [4.78, 5) is 22.0. The molecule has 0 aliphatic heterocycles. The molecule has 1 amide bonds. The second-order valence-corrected chi connectivity index (χ2v) is 5.16. The third-order valence-corrected chi connectivity index (χ3v) is 3.20. The molecule has 8 nitrogen and oxygen atoms in total. The minimum Gasteiger partial charge on any atom is -0.490 e. The van der Waals surface area contributed by atoms with Crippen LogP contribution >= 0.6 is 11.6 Å². The molecule has 0 fully saturated rings. The Morgan fingerprint density at radius 1 is 1.36 bits per heavy atom. The quantitative estimate of drug-likeness (QED) is 0.463. The van der Waals surface area contributed by atoms with Gasteiger partial charge in [0, 0.05) is 16.7 Å². The van der Waals surface area contributed by atoms with E-state index in [1.807, 2.05) is 0 Å². The number of nitrogens with one attached hydrogen (secondary N) is 1. The van der Waals surface area contributed by atoms with E-state index in [0.29, 0.717) is 16.3 Å². The average Bonchev–Trinajstić information content (AvgIpc) is 2.60. The molecular weight excluding hydrogens is 350 g/mol. The van der Waals surface area contributed by atoms with E-state index in [2.05, 4.69) is 10.5 Å². The molecule has 0 saturated carbocycles. The maximum Gasteiger partial charge on any atom is 0.311 e. The van der Waals surface area contributed by atoms with Crippen LogP contribution in [-0.4, -0.2) is 30.8 Å². The number of nitro benzene ring substituents is 1. The van der Waals surface area contributed by atoms with Crippen molar-refractivity contribution in [1.82, 2.24) is 5.43 Å². The summed E-state index contributed by atoms with van der Waals surface area (Å²) in [7, 11) is 1.34. The molecule has 0 bridgehead atoms. The zero-order valence-electron chi connectivity index (χ0n) is 13.1. The SMILES string of the molecule is COc1ccc(C=NNC(=O)COc2cccc(Cl)c2)cc1[N+](=O)[O-]. The van der Waals surface area contributed by atoms with Crippen molar-refractivity contribution in [2.45, 2.75) is 0 Å².